The molecule has 0 spiro atoms. The van der Waals surface area contributed by atoms with Crippen molar-refractivity contribution in [2.75, 3.05) is 5.75 Å². The highest BCUT2D eigenvalue weighted by Gasteiger charge is 2.33. The molecule has 5 unspecified atom stereocenters. The lowest BCUT2D eigenvalue weighted by Gasteiger charge is -2.27. The number of aliphatic carboxylic acids is 2. The van der Waals surface area contributed by atoms with Gasteiger partial charge in [0.1, 0.15) is 18.1 Å². The average molecular weight is 463 g/mol. The smallest absolute Gasteiger partial charge is 0.327 e. The maximum Gasteiger partial charge on any atom is 0.327 e. The van der Waals surface area contributed by atoms with E-state index in [4.69, 9.17) is 15.9 Å². The highest BCUT2D eigenvalue weighted by atomic mass is 32.1. The molecule has 7 N–H and O–H groups in total. The van der Waals surface area contributed by atoms with E-state index in [1.807, 2.05) is 13.8 Å². The Morgan fingerprint density at radius 2 is 1.45 bits per heavy atom. The van der Waals surface area contributed by atoms with Crippen LogP contribution in [-0.4, -0.2) is 69.8 Å². The Balaban J connectivity index is 5.49. The van der Waals surface area contributed by atoms with Crippen molar-refractivity contribution in [2.24, 2.45) is 17.6 Å². The lowest BCUT2D eigenvalue weighted by Crippen LogP contribution is -2.59. The van der Waals surface area contributed by atoms with Crippen LogP contribution >= 0.6 is 12.6 Å². The first-order chi connectivity index (χ1) is 14.3. The first-order valence-corrected chi connectivity index (χ1v) is 10.7. The molecule has 0 saturated heterocycles. The van der Waals surface area contributed by atoms with Crippen LogP contribution in [0.4, 0.5) is 0 Å². The summed E-state index contributed by atoms with van der Waals surface area (Å²) in [6, 6.07) is -4.79. The average Bonchev–Trinajstić information content (AvgIpc) is 2.67. The SMILES string of the molecule is CCC(C)C(NC(=O)C(N)CC(C)C)C(=O)NC(CC(=O)O)C(=O)NC(CS)C(=O)O. The fourth-order valence-corrected chi connectivity index (χ4v) is 2.93. The van der Waals surface area contributed by atoms with Gasteiger partial charge in [-0.05, 0) is 18.3 Å². The summed E-state index contributed by atoms with van der Waals surface area (Å²) in [5.74, 6) is -5.42. The second-order valence-corrected chi connectivity index (χ2v) is 8.21. The Bertz CT molecular complexity index is 659. The number of carbonyl (C=O) groups is 5. The number of rotatable bonds is 14. The maximum absolute atomic E-state index is 12.8. The predicted molar refractivity (Wildman–Crippen MR) is 116 cm³/mol. The topological polar surface area (TPSA) is 188 Å². The molecular formula is C19H34N4O7S. The monoisotopic (exact) mass is 462 g/mol. The quantitative estimate of drug-likeness (QED) is 0.166. The zero-order valence-electron chi connectivity index (χ0n) is 18.3. The number of thiol groups is 1. The maximum atomic E-state index is 12.8. The summed E-state index contributed by atoms with van der Waals surface area (Å²) in [6.07, 6.45) is 0.143. The fourth-order valence-electron chi connectivity index (χ4n) is 2.68. The van der Waals surface area contributed by atoms with Gasteiger partial charge < -0.3 is 31.9 Å². The number of nitrogens with two attached hydrogens (primary N) is 1. The largest absolute Gasteiger partial charge is 0.481 e. The first-order valence-electron chi connectivity index (χ1n) is 10.1. The van der Waals surface area contributed by atoms with E-state index < -0.39 is 60.2 Å². The van der Waals surface area contributed by atoms with E-state index in [1.54, 1.807) is 13.8 Å². The van der Waals surface area contributed by atoms with E-state index in [9.17, 15) is 24.0 Å². The van der Waals surface area contributed by atoms with Gasteiger partial charge in [-0.25, -0.2) is 4.79 Å². The van der Waals surface area contributed by atoms with Crippen molar-refractivity contribution < 1.29 is 34.2 Å². The van der Waals surface area contributed by atoms with E-state index in [2.05, 4.69) is 28.6 Å². The third kappa shape index (κ3) is 10.5. The molecule has 0 radical (unpaired) electrons. The van der Waals surface area contributed by atoms with Crippen LogP contribution < -0.4 is 21.7 Å². The Kier molecular flexibility index (Phi) is 12.8. The van der Waals surface area contributed by atoms with E-state index in [0.29, 0.717) is 12.8 Å². The van der Waals surface area contributed by atoms with Crippen molar-refractivity contribution >= 4 is 42.3 Å². The molecule has 3 amide bonds. The van der Waals surface area contributed by atoms with Crippen molar-refractivity contribution in [2.45, 2.75) is 71.1 Å². The molecule has 0 fully saturated rings. The number of carboxylic acid groups (broad SMARTS) is 2. The molecule has 12 heteroatoms. The minimum atomic E-state index is -1.54. The van der Waals surface area contributed by atoms with Gasteiger partial charge in [0, 0.05) is 5.75 Å². The number of amides is 3. The highest BCUT2D eigenvalue weighted by Crippen LogP contribution is 2.11. The molecule has 0 aromatic rings. The van der Waals surface area contributed by atoms with E-state index in [1.165, 1.54) is 0 Å². The fraction of sp³-hybridized carbons (Fsp3) is 0.737. The molecule has 0 aliphatic heterocycles. The Morgan fingerprint density at radius 1 is 0.903 bits per heavy atom. The van der Waals surface area contributed by atoms with Crippen molar-refractivity contribution in [1.29, 1.82) is 0 Å². The Labute approximate surface area is 187 Å². The van der Waals surface area contributed by atoms with Gasteiger partial charge in [-0.1, -0.05) is 34.1 Å². The predicted octanol–water partition coefficient (Wildman–Crippen LogP) is -0.651. The van der Waals surface area contributed by atoms with Crippen LogP contribution in [0.5, 0.6) is 0 Å². The molecule has 11 nitrogen and oxygen atoms in total. The number of hydrogen-bond donors (Lipinski definition) is 7. The van der Waals surface area contributed by atoms with Crippen LogP contribution in [0.25, 0.3) is 0 Å². The van der Waals surface area contributed by atoms with Gasteiger partial charge in [0.15, 0.2) is 0 Å². The molecule has 0 aliphatic rings. The summed E-state index contributed by atoms with van der Waals surface area (Å²) >= 11 is 3.83. The number of nitrogens with one attached hydrogen (secondary N) is 3. The zero-order valence-corrected chi connectivity index (χ0v) is 19.1. The molecule has 0 aliphatic carbocycles. The zero-order chi connectivity index (χ0) is 24.3. The second-order valence-electron chi connectivity index (χ2n) is 7.85. The summed E-state index contributed by atoms with van der Waals surface area (Å²) in [5.41, 5.74) is 5.87. The lowest BCUT2D eigenvalue weighted by molar-refractivity contribution is -0.143. The molecule has 0 aromatic carbocycles. The van der Waals surface area contributed by atoms with Crippen LogP contribution in [0.3, 0.4) is 0 Å². The molecule has 178 valence electrons. The minimum absolute atomic E-state index is 0.161. The van der Waals surface area contributed by atoms with Crippen molar-refractivity contribution in [3.8, 4) is 0 Å². The molecule has 31 heavy (non-hydrogen) atoms. The highest BCUT2D eigenvalue weighted by molar-refractivity contribution is 7.80. The van der Waals surface area contributed by atoms with Gasteiger partial charge in [0.2, 0.25) is 17.7 Å². The number of hydrogen-bond acceptors (Lipinski definition) is 7. The standard InChI is InChI=1S/C19H34N4O7S/c1-5-10(4)15(23-16(26)11(20)6-9(2)3)18(28)21-12(7-14(24)25)17(27)22-13(8-31)19(29)30/h9-13,15,31H,5-8,20H2,1-4H3,(H,21,28)(H,22,27)(H,23,26)(H,24,25)(H,29,30). The summed E-state index contributed by atoms with van der Waals surface area (Å²) in [5, 5.41) is 25.2. The molecule has 0 aromatic heterocycles. The van der Waals surface area contributed by atoms with Crippen molar-refractivity contribution in [3.63, 3.8) is 0 Å². The Morgan fingerprint density at radius 3 is 1.87 bits per heavy atom. The van der Waals surface area contributed by atoms with Gasteiger partial charge in [-0.15, -0.1) is 0 Å². The molecule has 0 saturated carbocycles. The van der Waals surface area contributed by atoms with Crippen molar-refractivity contribution in [3.05, 3.63) is 0 Å². The molecule has 5 atom stereocenters. The lowest BCUT2D eigenvalue weighted by atomic mass is 9.96. The summed E-state index contributed by atoms with van der Waals surface area (Å²) in [7, 11) is 0. The van der Waals surface area contributed by atoms with E-state index >= 15 is 0 Å². The van der Waals surface area contributed by atoms with E-state index in [-0.39, 0.29) is 17.6 Å². The third-order valence-corrected chi connectivity index (χ3v) is 5.03. The summed E-state index contributed by atoms with van der Waals surface area (Å²) in [4.78, 5) is 59.9. The molecule has 0 heterocycles. The summed E-state index contributed by atoms with van der Waals surface area (Å²) < 4.78 is 0. The number of carboxylic acids is 2. The van der Waals surface area contributed by atoms with Gasteiger partial charge in [-0.2, -0.15) is 12.6 Å². The van der Waals surface area contributed by atoms with Gasteiger partial charge >= 0.3 is 11.9 Å². The van der Waals surface area contributed by atoms with Crippen LogP contribution in [0.2, 0.25) is 0 Å². The normalized spacial score (nSPS) is 15.8. The molecular weight excluding hydrogens is 428 g/mol. The summed E-state index contributed by atoms with van der Waals surface area (Å²) in [6.45, 7) is 7.31. The Hall–Kier alpha value is -2.34. The van der Waals surface area contributed by atoms with Crippen LogP contribution in [0, 0.1) is 11.8 Å². The molecule has 0 rings (SSSR count). The number of carbonyl (C=O) groups excluding carboxylic acids is 3. The van der Waals surface area contributed by atoms with Gasteiger partial charge in [-0.3, -0.25) is 19.2 Å². The van der Waals surface area contributed by atoms with Crippen LogP contribution in [0.1, 0.15) is 47.0 Å². The van der Waals surface area contributed by atoms with E-state index in [0.717, 1.165) is 0 Å². The molecule has 0 bridgehead atoms. The first kappa shape index (κ1) is 28.7. The third-order valence-electron chi connectivity index (χ3n) is 4.66. The van der Waals surface area contributed by atoms with Crippen LogP contribution in [-0.2, 0) is 24.0 Å². The minimum Gasteiger partial charge on any atom is -0.481 e. The van der Waals surface area contributed by atoms with Gasteiger partial charge in [0.05, 0.1) is 12.5 Å². The second kappa shape index (κ2) is 13.9. The van der Waals surface area contributed by atoms with Gasteiger partial charge in [0.25, 0.3) is 0 Å². The van der Waals surface area contributed by atoms with Crippen molar-refractivity contribution in [1.82, 2.24) is 16.0 Å². The van der Waals surface area contributed by atoms with Crippen LogP contribution in [0.15, 0.2) is 0 Å².